The zero-order chi connectivity index (χ0) is 14.8. The summed E-state index contributed by atoms with van der Waals surface area (Å²) in [6, 6.07) is 1.76. The smallest absolute Gasteiger partial charge is 0.254 e. The lowest BCUT2D eigenvalue weighted by molar-refractivity contribution is 0.0905. The molecule has 1 heterocycles. The Morgan fingerprint density at radius 3 is 2.55 bits per heavy atom. The maximum absolute atomic E-state index is 12.4. The number of nitrogens with zero attached hydrogens (tertiary/aromatic N) is 1. The zero-order valence-corrected chi connectivity index (χ0v) is 14.6. The molecular formula is C12H15Br2N3O2S. The predicted molar refractivity (Wildman–Crippen MR) is 86.4 cm³/mol. The number of hydrogen-bond acceptors (Lipinski definition) is 4. The van der Waals surface area contributed by atoms with E-state index in [4.69, 9.17) is 10.9 Å². The van der Waals surface area contributed by atoms with Gasteiger partial charge in [0, 0.05) is 0 Å². The summed E-state index contributed by atoms with van der Waals surface area (Å²) in [5, 5.41) is 15.1. The normalized spacial score (nSPS) is 18.8. The van der Waals surface area contributed by atoms with Gasteiger partial charge in [-0.25, -0.2) is 0 Å². The van der Waals surface area contributed by atoms with Crippen LogP contribution in [0.3, 0.4) is 0 Å². The first-order valence-corrected chi connectivity index (χ1v) is 8.64. The number of halogens is 2. The van der Waals surface area contributed by atoms with Gasteiger partial charge in [-0.05, 0) is 50.8 Å². The second kappa shape index (κ2) is 6.44. The van der Waals surface area contributed by atoms with E-state index in [0.29, 0.717) is 18.4 Å². The molecule has 1 aromatic rings. The molecule has 0 radical (unpaired) electrons. The van der Waals surface area contributed by atoms with Gasteiger partial charge in [-0.1, -0.05) is 24.4 Å². The lowest BCUT2D eigenvalue weighted by Gasteiger charge is -2.36. The highest BCUT2D eigenvalue weighted by Gasteiger charge is 2.38. The minimum atomic E-state index is -0.738. The van der Waals surface area contributed by atoms with Gasteiger partial charge in [0.05, 0.1) is 13.1 Å². The Hall–Kier alpha value is -0.600. The summed E-state index contributed by atoms with van der Waals surface area (Å²) in [5.74, 6) is -0.136. The van der Waals surface area contributed by atoms with Gasteiger partial charge in [0.15, 0.2) is 5.84 Å². The van der Waals surface area contributed by atoms with Gasteiger partial charge in [-0.15, -0.1) is 11.3 Å². The molecule has 5 nitrogen and oxygen atoms in total. The number of hydrogen-bond donors (Lipinski definition) is 3. The fourth-order valence-corrected chi connectivity index (χ4v) is 5.27. The Kier molecular flexibility index (Phi) is 5.09. The van der Waals surface area contributed by atoms with Gasteiger partial charge in [-0.3, -0.25) is 4.79 Å². The number of amidine groups is 1. The van der Waals surface area contributed by atoms with Gasteiger partial charge in [0.2, 0.25) is 0 Å². The van der Waals surface area contributed by atoms with E-state index < -0.39 is 5.54 Å². The van der Waals surface area contributed by atoms with Crippen molar-refractivity contribution in [1.29, 1.82) is 0 Å². The van der Waals surface area contributed by atoms with Crippen LogP contribution in [0.15, 0.2) is 18.8 Å². The van der Waals surface area contributed by atoms with Crippen molar-refractivity contribution in [3.63, 3.8) is 0 Å². The number of thiophene rings is 1. The van der Waals surface area contributed by atoms with Crippen LogP contribution < -0.4 is 11.1 Å². The van der Waals surface area contributed by atoms with Crippen LogP contribution in [0.25, 0.3) is 0 Å². The van der Waals surface area contributed by atoms with Crippen molar-refractivity contribution < 1.29 is 10.0 Å². The van der Waals surface area contributed by atoms with E-state index in [-0.39, 0.29) is 11.7 Å². The maximum Gasteiger partial charge on any atom is 0.254 e. The van der Waals surface area contributed by atoms with Crippen molar-refractivity contribution in [2.24, 2.45) is 10.9 Å². The first kappa shape index (κ1) is 15.8. The van der Waals surface area contributed by atoms with E-state index in [1.807, 2.05) is 0 Å². The first-order chi connectivity index (χ1) is 9.48. The van der Waals surface area contributed by atoms with Gasteiger partial charge < -0.3 is 16.3 Å². The molecule has 110 valence electrons. The van der Waals surface area contributed by atoms with E-state index in [9.17, 15) is 4.79 Å². The van der Waals surface area contributed by atoms with Gasteiger partial charge >= 0.3 is 0 Å². The summed E-state index contributed by atoms with van der Waals surface area (Å²) in [6.07, 6.45) is 4.38. The van der Waals surface area contributed by atoms with Crippen LogP contribution in [0, 0.1) is 0 Å². The number of amides is 1. The highest BCUT2D eigenvalue weighted by molar-refractivity contribution is 9.12. The fraction of sp³-hybridized carbons (Fsp3) is 0.500. The molecule has 1 saturated carbocycles. The largest absolute Gasteiger partial charge is 0.409 e. The second-order valence-corrected chi connectivity index (χ2v) is 8.57. The average molecular weight is 425 g/mol. The molecule has 1 aromatic heterocycles. The number of carbonyl (C=O) groups excluding carboxylic acids is 1. The van der Waals surface area contributed by atoms with E-state index in [0.717, 1.165) is 26.8 Å². The Bertz CT molecular complexity index is 539. The molecule has 0 atom stereocenters. The fourth-order valence-electron chi connectivity index (χ4n) is 2.48. The third-order valence-electron chi connectivity index (χ3n) is 3.56. The number of nitrogens with one attached hydrogen (secondary N) is 1. The highest BCUT2D eigenvalue weighted by atomic mass is 79.9. The van der Waals surface area contributed by atoms with Crippen LogP contribution in [0.5, 0.6) is 0 Å². The van der Waals surface area contributed by atoms with Gasteiger partial charge in [0.25, 0.3) is 5.91 Å². The molecule has 1 aliphatic rings. The van der Waals surface area contributed by atoms with Crippen molar-refractivity contribution in [1.82, 2.24) is 5.32 Å². The molecule has 0 unspecified atom stereocenters. The highest BCUT2D eigenvalue weighted by Crippen LogP contribution is 2.33. The van der Waals surface area contributed by atoms with Crippen LogP contribution >= 0.6 is 43.2 Å². The first-order valence-electron chi connectivity index (χ1n) is 6.24. The molecule has 20 heavy (non-hydrogen) atoms. The lowest BCUT2D eigenvalue weighted by Crippen LogP contribution is -2.58. The molecule has 2 rings (SSSR count). The quantitative estimate of drug-likeness (QED) is 0.300. The third-order valence-corrected chi connectivity index (χ3v) is 5.90. The summed E-state index contributed by atoms with van der Waals surface area (Å²) in [4.78, 5) is 12.4. The molecule has 4 N–H and O–H groups in total. The Morgan fingerprint density at radius 1 is 1.40 bits per heavy atom. The molecule has 1 fully saturated rings. The van der Waals surface area contributed by atoms with Crippen LogP contribution in [-0.2, 0) is 0 Å². The molecule has 0 aliphatic heterocycles. The minimum absolute atomic E-state index is 0.0796. The molecule has 0 aromatic carbocycles. The molecule has 0 spiro atoms. The third kappa shape index (κ3) is 3.17. The van der Waals surface area contributed by atoms with Crippen molar-refractivity contribution >= 4 is 54.9 Å². The number of nitrogens with two attached hydrogens (primary N) is 1. The van der Waals surface area contributed by atoms with Crippen molar-refractivity contribution in [3.05, 3.63) is 19.2 Å². The molecule has 0 saturated heterocycles. The Labute approximate surface area is 137 Å². The van der Waals surface area contributed by atoms with Crippen LogP contribution in [0.1, 0.15) is 42.5 Å². The molecule has 1 amide bonds. The van der Waals surface area contributed by atoms with Crippen LogP contribution in [0.2, 0.25) is 0 Å². The number of carbonyl (C=O) groups is 1. The number of oxime groups is 1. The van der Waals surface area contributed by atoms with Crippen molar-refractivity contribution in [2.75, 3.05) is 0 Å². The minimum Gasteiger partial charge on any atom is -0.409 e. The molecule has 1 aliphatic carbocycles. The molecule has 0 bridgehead atoms. The standard InChI is InChI=1S/C12H15Br2N3O2S/c13-8-6-7(9(14)20-8)10(18)16-12(11(15)17-19)4-2-1-3-5-12/h6,19H,1-5H2,(H2,15,17)(H,16,18). The topological polar surface area (TPSA) is 87.7 Å². The predicted octanol–water partition coefficient (Wildman–Crippen LogP) is 3.45. The van der Waals surface area contributed by atoms with Crippen molar-refractivity contribution in [3.8, 4) is 0 Å². The Balaban J connectivity index is 2.24. The summed E-state index contributed by atoms with van der Waals surface area (Å²) >= 11 is 8.16. The van der Waals surface area contributed by atoms with Crippen LogP contribution in [-0.4, -0.2) is 22.5 Å². The SMILES string of the molecule is N/C(=N/O)C1(NC(=O)c2cc(Br)sc2Br)CCCCC1. The monoisotopic (exact) mass is 423 g/mol. The van der Waals surface area contributed by atoms with Gasteiger partial charge in [0.1, 0.15) is 5.54 Å². The lowest BCUT2D eigenvalue weighted by atomic mass is 9.80. The zero-order valence-electron chi connectivity index (χ0n) is 10.7. The van der Waals surface area contributed by atoms with E-state index in [1.165, 1.54) is 11.3 Å². The second-order valence-electron chi connectivity index (χ2n) is 4.82. The average Bonchev–Trinajstić information content (AvgIpc) is 2.78. The van der Waals surface area contributed by atoms with E-state index in [2.05, 4.69) is 42.3 Å². The van der Waals surface area contributed by atoms with Crippen LogP contribution in [0.4, 0.5) is 0 Å². The molecule has 8 heteroatoms. The van der Waals surface area contributed by atoms with E-state index in [1.54, 1.807) is 6.07 Å². The van der Waals surface area contributed by atoms with E-state index >= 15 is 0 Å². The Morgan fingerprint density at radius 2 is 2.05 bits per heavy atom. The summed E-state index contributed by atoms with van der Waals surface area (Å²) in [7, 11) is 0. The number of rotatable bonds is 3. The summed E-state index contributed by atoms with van der Waals surface area (Å²) < 4.78 is 1.63. The summed E-state index contributed by atoms with van der Waals surface area (Å²) in [6.45, 7) is 0. The van der Waals surface area contributed by atoms with Gasteiger partial charge in [-0.2, -0.15) is 0 Å². The maximum atomic E-state index is 12.4. The molecular weight excluding hydrogens is 410 g/mol. The summed E-state index contributed by atoms with van der Waals surface area (Å²) in [5.41, 5.74) is 5.63. The van der Waals surface area contributed by atoms with Crippen molar-refractivity contribution in [2.45, 2.75) is 37.6 Å².